The topological polar surface area (TPSA) is 17.1 Å². The third-order valence-corrected chi connectivity index (χ3v) is 3.33. The van der Waals surface area contributed by atoms with E-state index in [0.717, 1.165) is 11.1 Å². The first-order valence-electron chi connectivity index (χ1n) is 5.70. The molecule has 1 nitrogen and oxygen atoms in total. The van der Waals surface area contributed by atoms with Gasteiger partial charge in [-0.1, -0.05) is 48.5 Å². The fourth-order valence-corrected chi connectivity index (χ4v) is 2.59. The number of rotatable bonds is 2. The molecule has 2 aromatic rings. The summed E-state index contributed by atoms with van der Waals surface area (Å²) in [5.74, 6) is -1.84. The number of alkyl halides is 2. The first kappa shape index (κ1) is 11.1. The number of carbonyl (C=O) groups is 1. The first-order chi connectivity index (χ1) is 8.70. The van der Waals surface area contributed by atoms with Crippen LogP contribution in [-0.4, -0.2) is 12.2 Å². The van der Waals surface area contributed by atoms with Crippen molar-refractivity contribution in [1.29, 1.82) is 0 Å². The quantitative estimate of drug-likeness (QED) is 0.788. The first-order valence-corrected chi connectivity index (χ1v) is 5.70. The molecule has 0 spiro atoms. The molecule has 0 aromatic heterocycles. The molecule has 0 aliphatic heterocycles. The highest BCUT2D eigenvalue weighted by atomic mass is 19.3. The van der Waals surface area contributed by atoms with E-state index in [1.165, 1.54) is 0 Å². The van der Waals surface area contributed by atoms with Crippen molar-refractivity contribution in [2.45, 2.75) is 12.3 Å². The lowest BCUT2D eigenvalue weighted by molar-refractivity contribution is -0.130. The summed E-state index contributed by atoms with van der Waals surface area (Å²) < 4.78 is 25.4. The molecule has 0 unspecified atom stereocenters. The summed E-state index contributed by atoms with van der Waals surface area (Å²) in [5, 5.41) is 0. The average Bonchev–Trinajstić information content (AvgIpc) is 2.72. The Bertz CT molecular complexity index is 574. The minimum Gasteiger partial charge on any atom is -0.292 e. The van der Waals surface area contributed by atoms with E-state index in [2.05, 4.69) is 0 Å². The van der Waals surface area contributed by atoms with E-state index in [9.17, 15) is 13.6 Å². The molecule has 0 bridgehead atoms. The SMILES string of the molecule is O=C(C(F)F)C1c2ccccc2-c2ccccc21. The summed E-state index contributed by atoms with van der Waals surface area (Å²) >= 11 is 0. The van der Waals surface area contributed by atoms with Crippen LogP contribution in [0.3, 0.4) is 0 Å². The van der Waals surface area contributed by atoms with Crippen LogP contribution in [0, 0.1) is 0 Å². The molecule has 0 amide bonds. The van der Waals surface area contributed by atoms with Crippen molar-refractivity contribution in [2.75, 3.05) is 0 Å². The van der Waals surface area contributed by atoms with Crippen LogP contribution < -0.4 is 0 Å². The van der Waals surface area contributed by atoms with Gasteiger partial charge in [0.1, 0.15) is 0 Å². The molecule has 0 atom stereocenters. The molecule has 18 heavy (non-hydrogen) atoms. The summed E-state index contributed by atoms with van der Waals surface area (Å²) in [6, 6.07) is 14.5. The lowest BCUT2D eigenvalue weighted by atomic mass is 9.93. The number of hydrogen-bond acceptors (Lipinski definition) is 1. The number of fused-ring (bicyclic) bond motifs is 3. The van der Waals surface area contributed by atoms with Gasteiger partial charge in [0.05, 0.1) is 5.92 Å². The zero-order valence-electron chi connectivity index (χ0n) is 9.44. The van der Waals surface area contributed by atoms with Crippen LogP contribution in [0.2, 0.25) is 0 Å². The second-order valence-electron chi connectivity index (χ2n) is 4.31. The number of carbonyl (C=O) groups excluding carboxylic acids is 1. The smallest absolute Gasteiger partial charge is 0.292 e. The molecule has 2 aromatic carbocycles. The van der Waals surface area contributed by atoms with Crippen molar-refractivity contribution in [1.82, 2.24) is 0 Å². The summed E-state index contributed by atoms with van der Waals surface area (Å²) in [6.45, 7) is 0. The zero-order valence-corrected chi connectivity index (χ0v) is 9.44. The van der Waals surface area contributed by atoms with Gasteiger partial charge >= 0.3 is 0 Å². The molecule has 0 heterocycles. The lowest BCUT2D eigenvalue weighted by Gasteiger charge is -2.11. The van der Waals surface area contributed by atoms with Crippen LogP contribution >= 0.6 is 0 Å². The largest absolute Gasteiger partial charge is 0.296 e. The van der Waals surface area contributed by atoms with Gasteiger partial charge in [-0.2, -0.15) is 0 Å². The lowest BCUT2D eigenvalue weighted by Crippen LogP contribution is -2.19. The summed E-state index contributed by atoms with van der Waals surface area (Å²) in [4.78, 5) is 11.7. The highest BCUT2D eigenvalue weighted by Crippen LogP contribution is 2.45. The van der Waals surface area contributed by atoms with Crippen LogP contribution in [0.1, 0.15) is 17.0 Å². The van der Waals surface area contributed by atoms with Crippen LogP contribution in [-0.2, 0) is 4.79 Å². The Morgan fingerprint density at radius 3 is 1.78 bits per heavy atom. The maximum Gasteiger partial charge on any atom is 0.296 e. The van der Waals surface area contributed by atoms with Crippen molar-refractivity contribution in [3.63, 3.8) is 0 Å². The average molecular weight is 244 g/mol. The van der Waals surface area contributed by atoms with Gasteiger partial charge in [-0.15, -0.1) is 0 Å². The molecule has 90 valence electrons. The molecule has 3 heteroatoms. The van der Waals surface area contributed by atoms with E-state index in [-0.39, 0.29) is 0 Å². The Hall–Kier alpha value is -2.03. The molecule has 0 radical (unpaired) electrons. The Labute approximate surface area is 103 Å². The van der Waals surface area contributed by atoms with Gasteiger partial charge in [-0.3, -0.25) is 4.79 Å². The molecular weight excluding hydrogens is 234 g/mol. The van der Waals surface area contributed by atoms with Gasteiger partial charge in [-0.05, 0) is 22.3 Å². The van der Waals surface area contributed by atoms with Crippen molar-refractivity contribution in [3.05, 3.63) is 59.7 Å². The van der Waals surface area contributed by atoms with E-state index >= 15 is 0 Å². The second-order valence-corrected chi connectivity index (χ2v) is 4.31. The normalized spacial score (nSPS) is 13.5. The monoisotopic (exact) mass is 244 g/mol. The predicted octanol–water partition coefficient (Wildman–Crippen LogP) is 3.63. The Balaban J connectivity index is 2.24. The maximum absolute atomic E-state index is 12.7. The van der Waals surface area contributed by atoms with Gasteiger partial charge in [0, 0.05) is 0 Å². The highest BCUT2D eigenvalue weighted by molar-refractivity contribution is 5.98. The number of benzene rings is 2. The van der Waals surface area contributed by atoms with E-state index < -0.39 is 18.1 Å². The molecule has 0 saturated heterocycles. The molecule has 1 aliphatic carbocycles. The Morgan fingerprint density at radius 1 is 0.889 bits per heavy atom. The van der Waals surface area contributed by atoms with Gasteiger partial charge in [-0.25, -0.2) is 8.78 Å². The molecule has 1 aliphatic rings. The van der Waals surface area contributed by atoms with Crippen LogP contribution in [0.5, 0.6) is 0 Å². The van der Waals surface area contributed by atoms with E-state index in [1.807, 2.05) is 24.3 Å². The summed E-state index contributed by atoms with van der Waals surface area (Å²) in [7, 11) is 0. The number of hydrogen-bond donors (Lipinski definition) is 0. The number of Topliss-reactive ketones (excluding diaryl/α,β-unsaturated/α-hetero) is 1. The molecule has 0 saturated carbocycles. The number of ketones is 1. The molecule has 0 N–H and O–H groups in total. The van der Waals surface area contributed by atoms with Crippen molar-refractivity contribution >= 4 is 5.78 Å². The minimum atomic E-state index is -2.94. The highest BCUT2D eigenvalue weighted by Gasteiger charge is 2.36. The van der Waals surface area contributed by atoms with Gasteiger partial charge in [0.2, 0.25) is 5.78 Å². The zero-order chi connectivity index (χ0) is 12.7. The fourth-order valence-electron chi connectivity index (χ4n) is 2.59. The predicted molar refractivity (Wildman–Crippen MR) is 64.7 cm³/mol. The third kappa shape index (κ3) is 1.47. The Kier molecular flexibility index (Phi) is 2.47. The van der Waals surface area contributed by atoms with Gasteiger partial charge < -0.3 is 0 Å². The second kappa shape index (κ2) is 4.02. The Morgan fingerprint density at radius 2 is 1.33 bits per heavy atom. The molecule has 0 fully saturated rings. The maximum atomic E-state index is 12.7. The van der Waals surface area contributed by atoms with Crippen molar-refractivity contribution in [2.24, 2.45) is 0 Å². The summed E-state index contributed by atoms with van der Waals surface area (Å²) in [6.07, 6.45) is -2.94. The molecule has 3 rings (SSSR count). The number of halogens is 2. The van der Waals surface area contributed by atoms with Gasteiger partial charge in [0.15, 0.2) is 0 Å². The standard InChI is InChI=1S/C15H10F2O/c16-15(17)14(18)13-11-7-3-1-5-9(11)10-6-2-4-8-12(10)13/h1-8,13,15H. The van der Waals surface area contributed by atoms with E-state index in [4.69, 9.17) is 0 Å². The molecular formula is C15H10F2O. The van der Waals surface area contributed by atoms with E-state index in [0.29, 0.717) is 11.1 Å². The van der Waals surface area contributed by atoms with Crippen LogP contribution in [0.25, 0.3) is 11.1 Å². The van der Waals surface area contributed by atoms with Crippen molar-refractivity contribution in [3.8, 4) is 11.1 Å². The fraction of sp³-hybridized carbons (Fsp3) is 0.133. The summed E-state index contributed by atoms with van der Waals surface area (Å²) in [5.41, 5.74) is 3.13. The van der Waals surface area contributed by atoms with Gasteiger partial charge in [0.25, 0.3) is 6.43 Å². The van der Waals surface area contributed by atoms with Crippen LogP contribution in [0.15, 0.2) is 48.5 Å². The third-order valence-electron chi connectivity index (χ3n) is 3.33. The minimum absolute atomic E-state index is 0.684. The van der Waals surface area contributed by atoms with E-state index in [1.54, 1.807) is 24.3 Å². The van der Waals surface area contributed by atoms with Crippen LogP contribution in [0.4, 0.5) is 8.78 Å². The van der Waals surface area contributed by atoms with Crippen molar-refractivity contribution < 1.29 is 13.6 Å².